The standard InChI is InChI=1S/C16H26F2N2/c1-2-3-4-5-6-7-8-15(20-19)11-13-9-10-14(17)12-16(13)18/h9-10,12,15,20H,2-8,11,19H2,1H3. The summed E-state index contributed by atoms with van der Waals surface area (Å²) >= 11 is 0. The second-order valence-electron chi connectivity index (χ2n) is 5.36. The van der Waals surface area contributed by atoms with Gasteiger partial charge in [0.2, 0.25) is 0 Å². The Morgan fingerprint density at radius 3 is 2.45 bits per heavy atom. The average molecular weight is 284 g/mol. The Bertz CT molecular complexity index is 383. The van der Waals surface area contributed by atoms with Crippen LogP contribution in [0, 0.1) is 11.6 Å². The molecule has 0 saturated heterocycles. The summed E-state index contributed by atoms with van der Waals surface area (Å²) in [7, 11) is 0. The fourth-order valence-electron chi connectivity index (χ4n) is 2.37. The molecule has 0 aliphatic rings. The zero-order chi connectivity index (χ0) is 14.8. The smallest absolute Gasteiger partial charge is 0.129 e. The predicted octanol–water partition coefficient (Wildman–Crippen LogP) is 4.09. The molecule has 0 heterocycles. The average Bonchev–Trinajstić information content (AvgIpc) is 2.43. The van der Waals surface area contributed by atoms with Gasteiger partial charge in [0.05, 0.1) is 0 Å². The number of hydrazine groups is 1. The van der Waals surface area contributed by atoms with Crippen molar-refractivity contribution in [3.05, 3.63) is 35.4 Å². The van der Waals surface area contributed by atoms with Crippen molar-refractivity contribution in [2.24, 2.45) is 5.84 Å². The molecule has 1 atom stereocenters. The molecular weight excluding hydrogens is 258 g/mol. The van der Waals surface area contributed by atoms with Crippen molar-refractivity contribution >= 4 is 0 Å². The molecule has 1 aromatic rings. The summed E-state index contributed by atoms with van der Waals surface area (Å²) in [6, 6.07) is 3.75. The molecule has 0 aliphatic carbocycles. The highest BCUT2D eigenvalue weighted by molar-refractivity contribution is 5.19. The van der Waals surface area contributed by atoms with Crippen molar-refractivity contribution in [3.63, 3.8) is 0 Å². The highest BCUT2D eigenvalue weighted by Gasteiger charge is 2.11. The minimum atomic E-state index is -0.542. The lowest BCUT2D eigenvalue weighted by atomic mass is 9.99. The fraction of sp³-hybridized carbons (Fsp3) is 0.625. The SMILES string of the molecule is CCCCCCCCC(Cc1ccc(F)cc1F)NN. The summed E-state index contributed by atoms with van der Waals surface area (Å²) in [5.41, 5.74) is 3.25. The van der Waals surface area contributed by atoms with Gasteiger partial charge in [-0.15, -0.1) is 0 Å². The number of hydrogen-bond donors (Lipinski definition) is 2. The second-order valence-corrected chi connectivity index (χ2v) is 5.36. The Balaban J connectivity index is 2.31. The number of hydrogen-bond acceptors (Lipinski definition) is 2. The molecule has 1 aromatic carbocycles. The van der Waals surface area contributed by atoms with Gasteiger partial charge >= 0.3 is 0 Å². The van der Waals surface area contributed by atoms with Crippen LogP contribution in [-0.2, 0) is 6.42 Å². The van der Waals surface area contributed by atoms with Gasteiger partial charge in [0.15, 0.2) is 0 Å². The summed E-state index contributed by atoms with van der Waals surface area (Å²) in [6.45, 7) is 2.20. The third-order valence-corrected chi connectivity index (χ3v) is 3.62. The van der Waals surface area contributed by atoms with Crippen molar-refractivity contribution in [2.75, 3.05) is 0 Å². The lowest BCUT2D eigenvalue weighted by molar-refractivity contribution is 0.451. The second kappa shape index (κ2) is 9.83. The van der Waals surface area contributed by atoms with Gasteiger partial charge in [-0.25, -0.2) is 8.78 Å². The molecule has 0 spiro atoms. The lowest BCUT2D eigenvalue weighted by Crippen LogP contribution is -2.36. The highest BCUT2D eigenvalue weighted by atomic mass is 19.1. The molecule has 1 unspecified atom stereocenters. The zero-order valence-electron chi connectivity index (χ0n) is 12.3. The summed E-state index contributed by atoms with van der Waals surface area (Å²) < 4.78 is 26.4. The Kier molecular flexibility index (Phi) is 8.38. The molecule has 3 N–H and O–H groups in total. The van der Waals surface area contributed by atoms with E-state index in [1.807, 2.05) is 0 Å². The van der Waals surface area contributed by atoms with E-state index in [-0.39, 0.29) is 6.04 Å². The minimum absolute atomic E-state index is 0.0427. The van der Waals surface area contributed by atoms with Gasteiger partial charge in [-0.1, -0.05) is 51.5 Å². The van der Waals surface area contributed by atoms with Crippen molar-refractivity contribution in [3.8, 4) is 0 Å². The van der Waals surface area contributed by atoms with Crippen LogP contribution in [0.25, 0.3) is 0 Å². The van der Waals surface area contributed by atoms with Crippen LogP contribution in [-0.4, -0.2) is 6.04 Å². The van der Waals surface area contributed by atoms with E-state index in [9.17, 15) is 8.78 Å². The topological polar surface area (TPSA) is 38.0 Å². The first-order chi connectivity index (χ1) is 9.67. The van der Waals surface area contributed by atoms with Crippen LogP contribution >= 0.6 is 0 Å². The minimum Gasteiger partial charge on any atom is -0.271 e. The third kappa shape index (κ3) is 6.44. The fourth-order valence-corrected chi connectivity index (χ4v) is 2.37. The molecule has 0 bridgehead atoms. The first kappa shape index (κ1) is 17.1. The van der Waals surface area contributed by atoms with E-state index < -0.39 is 11.6 Å². The van der Waals surface area contributed by atoms with E-state index in [4.69, 9.17) is 5.84 Å². The van der Waals surface area contributed by atoms with Crippen LogP contribution in [0.2, 0.25) is 0 Å². The molecule has 114 valence electrons. The molecule has 1 rings (SSSR count). The Hall–Kier alpha value is -1.00. The van der Waals surface area contributed by atoms with Gasteiger partial charge in [0.1, 0.15) is 11.6 Å². The Morgan fingerprint density at radius 2 is 1.80 bits per heavy atom. The quantitative estimate of drug-likeness (QED) is 0.386. The van der Waals surface area contributed by atoms with Gasteiger partial charge in [0, 0.05) is 12.1 Å². The number of benzene rings is 1. The van der Waals surface area contributed by atoms with Crippen LogP contribution in [0.5, 0.6) is 0 Å². The molecule has 0 amide bonds. The van der Waals surface area contributed by atoms with E-state index in [2.05, 4.69) is 12.3 Å². The van der Waals surface area contributed by atoms with E-state index in [1.54, 1.807) is 0 Å². The molecule has 0 radical (unpaired) electrons. The highest BCUT2D eigenvalue weighted by Crippen LogP contribution is 2.15. The number of halogens is 2. The Morgan fingerprint density at radius 1 is 1.10 bits per heavy atom. The maximum absolute atomic E-state index is 13.6. The summed E-state index contributed by atoms with van der Waals surface area (Å²) in [4.78, 5) is 0. The molecule has 0 aromatic heterocycles. The summed E-state index contributed by atoms with van der Waals surface area (Å²) in [6.07, 6.45) is 8.75. The van der Waals surface area contributed by atoms with Crippen LogP contribution in [0.1, 0.15) is 57.4 Å². The van der Waals surface area contributed by atoms with Crippen molar-refractivity contribution in [1.29, 1.82) is 0 Å². The van der Waals surface area contributed by atoms with Crippen LogP contribution in [0.3, 0.4) is 0 Å². The van der Waals surface area contributed by atoms with Gasteiger partial charge in [-0.05, 0) is 24.5 Å². The maximum atomic E-state index is 13.6. The van der Waals surface area contributed by atoms with E-state index in [0.717, 1.165) is 18.9 Å². The van der Waals surface area contributed by atoms with Gasteiger partial charge in [-0.2, -0.15) is 0 Å². The molecule has 2 nitrogen and oxygen atoms in total. The zero-order valence-corrected chi connectivity index (χ0v) is 12.3. The first-order valence-electron chi connectivity index (χ1n) is 7.57. The van der Waals surface area contributed by atoms with Gasteiger partial charge < -0.3 is 0 Å². The molecule has 0 saturated carbocycles. The van der Waals surface area contributed by atoms with E-state index in [1.165, 1.54) is 44.2 Å². The van der Waals surface area contributed by atoms with Crippen LogP contribution < -0.4 is 11.3 Å². The lowest BCUT2D eigenvalue weighted by Gasteiger charge is -2.16. The van der Waals surface area contributed by atoms with Crippen LogP contribution in [0.4, 0.5) is 8.78 Å². The number of unbranched alkanes of at least 4 members (excludes halogenated alkanes) is 5. The molecule has 4 heteroatoms. The van der Waals surface area contributed by atoms with Gasteiger partial charge in [-0.3, -0.25) is 11.3 Å². The molecular formula is C16H26F2N2. The molecule has 0 fully saturated rings. The molecule has 20 heavy (non-hydrogen) atoms. The van der Waals surface area contributed by atoms with Crippen LogP contribution in [0.15, 0.2) is 18.2 Å². The van der Waals surface area contributed by atoms with Gasteiger partial charge in [0.25, 0.3) is 0 Å². The number of nitrogens with two attached hydrogens (primary N) is 1. The van der Waals surface area contributed by atoms with Crippen molar-refractivity contribution in [1.82, 2.24) is 5.43 Å². The summed E-state index contributed by atoms with van der Waals surface area (Å²) in [5, 5.41) is 0. The number of nitrogens with one attached hydrogen (secondary N) is 1. The van der Waals surface area contributed by atoms with E-state index >= 15 is 0 Å². The van der Waals surface area contributed by atoms with Crippen molar-refractivity contribution in [2.45, 2.75) is 64.3 Å². The van der Waals surface area contributed by atoms with Crippen molar-refractivity contribution < 1.29 is 8.78 Å². The third-order valence-electron chi connectivity index (χ3n) is 3.62. The number of rotatable bonds is 10. The predicted molar refractivity (Wildman–Crippen MR) is 79.2 cm³/mol. The monoisotopic (exact) mass is 284 g/mol. The Labute approximate surface area is 120 Å². The van der Waals surface area contributed by atoms with E-state index in [0.29, 0.717) is 12.0 Å². The largest absolute Gasteiger partial charge is 0.271 e. The maximum Gasteiger partial charge on any atom is 0.129 e. The normalized spacial score (nSPS) is 12.6. The summed E-state index contributed by atoms with van der Waals surface area (Å²) in [5.74, 6) is 4.48. The molecule has 0 aliphatic heterocycles. The first-order valence-corrected chi connectivity index (χ1v) is 7.57.